The van der Waals surface area contributed by atoms with Crippen LogP contribution in [0.1, 0.15) is 44.5 Å². The van der Waals surface area contributed by atoms with Crippen molar-refractivity contribution in [3.63, 3.8) is 0 Å². The van der Waals surface area contributed by atoms with E-state index in [9.17, 15) is 4.79 Å². The highest BCUT2D eigenvalue weighted by molar-refractivity contribution is 6.32. The van der Waals surface area contributed by atoms with Crippen LogP contribution in [-0.4, -0.2) is 31.7 Å². The Bertz CT molecular complexity index is 553. The van der Waals surface area contributed by atoms with E-state index in [4.69, 9.17) is 26.8 Å². The number of amides is 1. The lowest BCUT2D eigenvalue weighted by atomic mass is 9.90. The average Bonchev–Trinajstić information content (AvgIpc) is 2.48. The molecule has 1 aromatic rings. The van der Waals surface area contributed by atoms with Crippen molar-refractivity contribution in [2.75, 3.05) is 20.3 Å². The van der Waals surface area contributed by atoms with Crippen molar-refractivity contribution in [2.45, 2.75) is 39.7 Å². The molecule has 0 aliphatic carbocycles. The fourth-order valence-electron chi connectivity index (χ4n) is 2.57. The number of nitrogens with two attached hydrogens (primary N) is 1. The van der Waals surface area contributed by atoms with E-state index in [2.05, 4.69) is 19.2 Å². The summed E-state index contributed by atoms with van der Waals surface area (Å²) >= 11 is 6.22. The maximum Gasteiger partial charge on any atom is 0.251 e. The predicted molar refractivity (Wildman–Crippen MR) is 101 cm³/mol. The molecule has 0 aliphatic rings. The fraction of sp³-hybridized carbons (Fsp3) is 0.588. The number of benzene rings is 1. The summed E-state index contributed by atoms with van der Waals surface area (Å²) in [7, 11) is 1.51. The predicted octanol–water partition coefficient (Wildman–Crippen LogP) is 3.66. The van der Waals surface area contributed by atoms with Crippen molar-refractivity contribution < 1.29 is 14.3 Å². The summed E-state index contributed by atoms with van der Waals surface area (Å²) in [6.45, 7) is 8.81. The summed E-state index contributed by atoms with van der Waals surface area (Å²) in [5, 5.41) is 3.34. The van der Waals surface area contributed by atoms with Crippen molar-refractivity contribution in [2.24, 2.45) is 11.7 Å². The van der Waals surface area contributed by atoms with Crippen LogP contribution in [0.15, 0.2) is 12.1 Å². The summed E-state index contributed by atoms with van der Waals surface area (Å²) in [4.78, 5) is 12.6. The molecule has 1 aromatic carbocycles. The van der Waals surface area contributed by atoms with Gasteiger partial charge in [0.05, 0.1) is 18.7 Å². The van der Waals surface area contributed by atoms with Crippen molar-refractivity contribution >= 4 is 29.9 Å². The first-order valence-corrected chi connectivity index (χ1v) is 8.17. The highest BCUT2D eigenvalue weighted by atomic mass is 35.5. The van der Waals surface area contributed by atoms with Crippen LogP contribution in [-0.2, 0) is 0 Å². The van der Waals surface area contributed by atoms with Gasteiger partial charge >= 0.3 is 0 Å². The Morgan fingerprint density at radius 3 is 2.50 bits per heavy atom. The normalized spacial score (nSPS) is 13.0. The number of nitrogens with one attached hydrogen (secondary N) is 1. The highest BCUT2D eigenvalue weighted by Gasteiger charge is 2.27. The van der Waals surface area contributed by atoms with Gasteiger partial charge in [0.25, 0.3) is 5.91 Å². The molecule has 1 unspecified atom stereocenters. The van der Waals surface area contributed by atoms with Crippen LogP contribution < -0.4 is 20.5 Å². The second kappa shape index (κ2) is 9.97. The molecule has 1 atom stereocenters. The number of hydrogen-bond acceptors (Lipinski definition) is 4. The monoisotopic (exact) mass is 378 g/mol. The molecule has 1 amide bonds. The zero-order valence-electron chi connectivity index (χ0n) is 14.9. The molecule has 0 saturated carbocycles. The maximum atomic E-state index is 12.6. The third kappa shape index (κ3) is 6.04. The molecule has 5 nitrogen and oxygen atoms in total. The minimum absolute atomic E-state index is 0. The van der Waals surface area contributed by atoms with Crippen molar-refractivity contribution in [3.05, 3.63) is 22.7 Å². The molecule has 24 heavy (non-hydrogen) atoms. The maximum absolute atomic E-state index is 12.6. The van der Waals surface area contributed by atoms with Gasteiger partial charge in [-0.25, -0.2) is 0 Å². The number of halogens is 2. The number of carbonyl (C=O) groups is 1. The van der Waals surface area contributed by atoms with E-state index in [-0.39, 0.29) is 18.3 Å². The van der Waals surface area contributed by atoms with E-state index in [1.54, 1.807) is 12.1 Å². The third-order valence-electron chi connectivity index (χ3n) is 3.50. The highest BCUT2D eigenvalue weighted by Crippen LogP contribution is 2.36. The summed E-state index contributed by atoms with van der Waals surface area (Å²) in [6, 6.07) is 3.20. The van der Waals surface area contributed by atoms with E-state index < -0.39 is 5.54 Å². The Morgan fingerprint density at radius 2 is 2.04 bits per heavy atom. The van der Waals surface area contributed by atoms with E-state index in [1.165, 1.54) is 7.11 Å². The molecule has 0 saturated heterocycles. The lowest BCUT2D eigenvalue weighted by Crippen LogP contribution is -2.52. The Balaban J connectivity index is 0.00000529. The van der Waals surface area contributed by atoms with E-state index >= 15 is 0 Å². The Labute approximate surface area is 155 Å². The third-order valence-corrected chi connectivity index (χ3v) is 3.79. The summed E-state index contributed by atoms with van der Waals surface area (Å²) < 4.78 is 10.7. The minimum atomic E-state index is -0.469. The van der Waals surface area contributed by atoms with E-state index in [0.29, 0.717) is 41.2 Å². The number of rotatable bonds is 8. The van der Waals surface area contributed by atoms with Gasteiger partial charge < -0.3 is 20.5 Å². The lowest BCUT2D eigenvalue weighted by Gasteiger charge is -2.31. The Kier molecular flexibility index (Phi) is 9.48. The second-order valence-corrected chi connectivity index (χ2v) is 6.65. The minimum Gasteiger partial charge on any atom is -0.493 e. The molecule has 0 fully saturated rings. The molecule has 1 rings (SSSR count). The standard InChI is InChI=1S/C17H27ClN2O3.ClH/c1-6-23-15-13(18)7-12(8-14(15)22-5)16(21)20-17(4,10-19)9-11(2)3;/h7-8,11H,6,9-10,19H2,1-5H3,(H,20,21);1H. The van der Waals surface area contributed by atoms with Gasteiger partial charge in [-0.05, 0) is 38.3 Å². The first kappa shape index (κ1) is 22.8. The average molecular weight is 379 g/mol. The fourth-order valence-corrected chi connectivity index (χ4v) is 2.83. The van der Waals surface area contributed by atoms with Gasteiger partial charge in [0, 0.05) is 17.6 Å². The molecule has 0 aromatic heterocycles. The van der Waals surface area contributed by atoms with Crippen molar-refractivity contribution in [1.82, 2.24) is 5.32 Å². The molecule has 0 bridgehead atoms. The number of hydrogen-bond donors (Lipinski definition) is 2. The number of methoxy groups -OCH3 is 1. The van der Waals surface area contributed by atoms with Crippen LogP contribution in [0.25, 0.3) is 0 Å². The van der Waals surface area contributed by atoms with Gasteiger partial charge in [-0.2, -0.15) is 0 Å². The van der Waals surface area contributed by atoms with Crippen LogP contribution in [0.4, 0.5) is 0 Å². The van der Waals surface area contributed by atoms with Crippen LogP contribution in [0, 0.1) is 5.92 Å². The quantitative estimate of drug-likeness (QED) is 0.723. The van der Waals surface area contributed by atoms with Gasteiger partial charge in [-0.15, -0.1) is 12.4 Å². The first-order chi connectivity index (χ1) is 10.8. The zero-order chi connectivity index (χ0) is 17.6. The van der Waals surface area contributed by atoms with Crippen molar-refractivity contribution in [3.8, 4) is 11.5 Å². The van der Waals surface area contributed by atoms with Crippen LogP contribution >= 0.6 is 24.0 Å². The summed E-state index contributed by atoms with van der Waals surface area (Å²) in [6.07, 6.45) is 0.789. The smallest absolute Gasteiger partial charge is 0.251 e. The molecule has 0 aliphatic heterocycles. The van der Waals surface area contributed by atoms with Gasteiger partial charge in [0.1, 0.15) is 0 Å². The second-order valence-electron chi connectivity index (χ2n) is 6.24. The molecule has 0 heterocycles. The van der Waals surface area contributed by atoms with Gasteiger partial charge in [-0.3, -0.25) is 4.79 Å². The van der Waals surface area contributed by atoms with Crippen LogP contribution in [0.2, 0.25) is 5.02 Å². The molecule has 3 N–H and O–H groups in total. The summed E-state index contributed by atoms with van der Waals surface area (Å²) in [5.74, 6) is 1.06. The number of ether oxygens (including phenoxy) is 2. The van der Waals surface area contributed by atoms with E-state index in [1.807, 2.05) is 13.8 Å². The largest absolute Gasteiger partial charge is 0.493 e. The van der Waals surface area contributed by atoms with Crippen LogP contribution in [0.3, 0.4) is 0 Å². The summed E-state index contributed by atoms with van der Waals surface area (Å²) in [5.41, 5.74) is 5.79. The van der Waals surface area contributed by atoms with E-state index in [0.717, 1.165) is 6.42 Å². The van der Waals surface area contributed by atoms with Crippen molar-refractivity contribution in [1.29, 1.82) is 0 Å². The van der Waals surface area contributed by atoms with Gasteiger partial charge in [-0.1, -0.05) is 25.4 Å². The molecule has 0 radical (unpaired) electrons. The van der Waals surface area contributed by atoms with Gasteiger partial charge in [0.2, 0.25) is 0 Å². The van der Waals surface area contributed by atoms with Gasteiger partial charge in [0.15, 0.2) is 11.5 Å². The lowest BCUT2D eigenvalue weighted by molar-refractivity contribution is 0.0898. The topological polar surface area (TPSA) is 73.6 Å². The molecule has 138 valence electrons. The first-order valence-electron chi connectivity index (χ1n) is 7.79. The molecule has 7 heteroatoms. The Morgan fingerprint density at radius 1 is 1.42 bits per heavy atom. The zero-order valence-corrected chi connectivity index (χ0v) is 16.5. The Hall–Kier alpha value is -1.17. The van der Waals surface area contributed by atoms with Crippen LogP contribution in [0.5, 0.6) is 11.5 Å². The SMILES string of the molecule is CCOc1c(Cl)cc(C(=O)NC(C)(CN)CC(C)C)cc1OC.Cl. The molecule has 0 spiro atoms. The molecular weight excluding hydrogens is 351 g/mol. The number of carbonyl (C=O) groups excluding carboxylic acids is 1. The molecular formula is C17H28Cl2N2O3.